The van der Waals surface area contributed by atoms with E-state index in [2.05, 4.69) is 11.5 Å². The van der Waals surface area contributed by atoms with Gasteiger partial charge < -0.3 is 0 Å². The molecule has 0 atom stereocenters. The number of nitrogens with zero attached hydrogens (tertiary/aromatic N) is 1. The number of rotatable bonds is 5. The standard InChI is InChI=1S/C14H15ClN2OS/c1-11(18)17(14-7-3-2-6-13(14)15)16-9-8-12-5-4-10-19-12/h2-7,10,16H,8-9H2,1H3. The molecular weight excluding hydrogens is 280 g/mol. The summed E-state index contributed by atoms with van der Waals surface area (Å²) in [4.78, 5) is 13.0. The number of thiophene rings is 1. The topological polar surface area (TPSA) is 32.3 Å². The molecule has 2 aromatic rings. The van der Waals surface area contributed by atoms with E-state index in [0.717, 1.165) is 6.42 Å². The van der Waals surface area contributed by atoms with Gasteiger partial charge in [0.2, 0.25) is 5.91 Å². The van der Waals surface area contributed by atoms with Gasteiger partial charge in [-0.3, -0.25) is 4.79 Å². The van der Waals surface area contributed by atoms with Crippen molar-refractivity contribution in [2.24, 2.45) is 0 Å². The largest absolute Gasteiger partial charge is 0.273 e. The number of halogens is 1. The summed E-state index contributed by atoms with van der Waals surface area (Å²) in [7, 11) is 0. The molecule has 2 rings (SSSR count). The Morgan fingerprint density at radius 1 is 1.32 bits per heavy atom. The maximum atomic E-state index is 11.7. The lowest BCUT2D eigenvalue weighted by molar-refractivity contribution is -0.117. The minimum atomic E-state index is -0.0840. The van der Waals surface area contributed by atoms with E-state index < -0.39 is 0 Å². The van der Waals surface area contributed by atoms with Crippen LogP contribution in [-0.2, 0) is 11.2 Å². The first-order valence-corrected chi connectivity index (χ1v) is 7.25. The molecule has 1 heterocycles. The number of hydrogen-bond acceptors (Lipinski definition) is 3. The smallest absolute Gasteiger partial charge is 0.238 e. The van der Waals surface area contributed by atoms with E-state index in [4.69, 9.17) is 11.6 Å². The minimum Gasteiger partial charge on any atom is -0.273 e. The number of para-hydroxylation sites is 1. The van der Waals surface area contributed by atoms with Gasteiger partial charge in [0.05, 0.1) is 10.7 Å². The van der Waals surface area contributed by atoms with Crippen molar-refractivity contribution in [1.82, 2.24) is 5.43 Å². The van der Waals surface area contributed by atoms with Gasteiger partial charge in [-0.1, -0.05) is 29.8 Å². The summed E-state index contributed by atoms with van der Waals surface area (Å²) in [5, 5.41) is 4.10. The molecule has 1 aromatic carbocycles. The van der Waals surface area contributed by atoms with Crippen LogP contribution in [0.15, 0.2) is 41.8 Å². The molecule has 0 spiro atoms. The highest BCUT2D eigenvalue weighted by molar-refractivity contribution is 7.09. The molecule has 0 unspecified atom stereocenters. The molecule has 0 aliphatic carbocycles. The summed E-state index contributed by atoms with van der Waals surface area (Å²) in [6.45, 7) is 2.20. The Balaban J connectivity index is 2.01. The molecule has 100 valence electrons. The predicted octanol–water partition coefficient (Wildman–Crippen LogP) is 3.50. The fourth-order valence-corrected chi connectivity index (χ4v) is 2.67. The Morgan fingerprint density at radius 2 is 2.11 bits per heavy atom. The lowest BCUT2D eigenvalue weighted by Crippen LogP contribution is -2.42. The third kappa shape index (κ3) is 3.80. The van der Waals surface area contributed by atoms with E-state index in [0.29, 0.717) is 17.3 Å². The number of carbonyl (C=O) groups excluding carboxylic acids is 1. The van der Waals surface area contributed by atoms with Crippen molar-refractivity contribution >= 4 is 34.5 Å². The molecule has 0 radical (unpaired) electrons. The average molecular weight is 295 g/mol. The molecular formula is C14H15ClN2OS. The van der Waals surface area contributed by atoms with Gasteiger partial charge in [0.15, 0.2) is 0 Å². The molecule has 0 saturated carbocycles. The van der Waals surface area contributed by atoms with E-state index in [1.807, 2.05) is 29.6 Å². The number of anilines is 1. The van der Waals surface area contributed by atoms with Gasteiger partial charge in [-0.25, -0.2) is 10.4 Å². The van der Waals surface area contributed by atoms with Gasteiger partial charge in [-0.05, 0) is 30.0 Å². The number of amides is 1. The monoisotopic (exact) mass is 294 g/mol. The maximum absolute atomic E-state index is 11.7. The van der Waals surface area contributed by atoms with Crippen LogP contribution in [-0.4, -0.2) is 12.5 Å². The van der Waals surface area contributed by atoms with E-state index in [-0.39, 0.29) is 5.91 Å². The molecule has 19 heavy (non-hydrogen) atoms. The highest BCUT2D eigenvalue weighted by Crippen LogP contribution is 2.24. The van der Waals surface area contributed by atoms with Crippen LogP contribution >= 0.6 is 22.9 Å². The molecule has 3 nitrogen and oxygen atoms in total. The lowest BCUT2D eigenvalue weighted by atomic mass is 10.3. The van der Waals surface area contributed by atoms with Gasteiger partial charge in [0.1, 0.15) is 0 Å². The maximum Gasteiger partial charge on any atom is 0.238 e. The fourth-order valence-electron chi connectivity index (χ4n) is 1.74. The highest BCUT2D eigenvalue weighted by Gasteiger charge is 2.13. The van der Waals surface area contributed by atoms with Crippen molar-refractivity contribution in [3.05, 3.63) is 51.7 Å². The summed E-state index contributed by atoms with van der Waals surface area (Å²) < 4.78 is 0. The summed E-state index contributed by atoms with van der Waals surface area (Å²) in [6.07, 6.45) is 0.881. The molecule has 1 aromatic heterocycles. The summed E-state index contributed by atoms with van der Waals surface area (Å²) in [5.74, 6) is -0.0840. The van der Waals surface area contributed by atoms with Crippen molar-refractivity contribution < 1.29 is 4.79 Å². The molecule has 1 N–H and O–H groups in total. The van der Waals surface area contributed by atoms with Crippen molar-refractivity contribution in [1.29, 1.82) is 0 Å². The first-order chi connectivity index (χ1) is 9.18. The molecule has 1 amide bonds. The summed E-state index contributed by atoms with van der Waals surface area (Å²) >= 11 is 7.82. The zero-order chi connectivity index (χ0) is 13.7. The average Bonchev–Trinajstić information content (AvgIpc) is 2.89. The normalized spacial score (nSPS) is 10.4. The van der Waals surface area contributed by atoms with E-state index in [9.17, 15) is 4.79 Å². The minimum absolute atomic E-state index is 0.0840. The van der Waals surface area contributed by atoms with Crippen LogP contribution in [0.4, 0.5) is 5.69 Å². The Kier molecular flexibility index (Phi) is 4.96. The van der Waals surface area contributed by atoms with E-state index >= 15 is 0 Å². The van der Waals surface area contributed by atoms with Gasteiger partial charge in [-0.15, -0.1) is 11.3 Å². The van der Waals surface area contributed by atoms with Gasteiger partial charge in [0.25, 0.3) is 0 Å². The zero-order valence-corrected chi connectivity index (χ0v) is 12.2. The third-order valence-corrected chi connectivity index (χ3v) is 3.89. The van der Waals surface area contributed by atoms with Gasteiger partial charge in [-0.2, -0.15) is 0 Å². The fraction of sp³-hybridized carbons (Fsp3) is 0.214. The van der Waals surface area contributed by atoms with Crippen molar-refractivity contribution in [2.45, 2.75) is 13.3 Å². The molecule has 5 heteroatoms. The highest BCUT2D eigenvalue weighted by atomic mass is 35.5. The van der Waals surface area contributed by atoms with Crippen molar-refractivity contribution in [3.63, 3.8) is 0 Å². The van der Waals surface area contributed by atoms with E-state index in [1.165, 1.54) is 16.8 Å². The Labute approximate surface area is 121 Å². The molecule has 0 aliphatic rings. The second-order valence-electron chi connectivity index (χ2n) is 4.04. The Morgan fingerprint density at radius 3 is 2.74 bits per heavy atom. The second-order valence-corrected chi connectivity index (χ2v) is 5.48. The number of hydrogen-bond donors (Lipinski definition) is 1. The van der Waals surface area contributed by atoms with Crippen LogP contribution in [0.1, 0.15) is 11.8 Å². The Bertz CT molecular complexity index is 542. The van der Waals surface area contributed by atoms with E-state index in [1.54, 1.807) is 17.4 Å². The first kappa shape index (κ1) is 14.1. The van der Waals surface area contributed by atoms with Crippen LogP contribution in [0.3, 0.4) is 0 Å². The molecule has 0 bridgehead atoms. The second kappa shape index (κ2) is 6.70. The van der Waals surface area contributed by atoms with Crippen molar-refractivity contribution in [2.75, 3.05) is 11.6 Å². The third-order valence-electron chi connectivity index (χ3n) is 2.63. The first-order valence-electron chi connectivity index (χ1n) is 5.99. The molecule has 0 saturated heterocycles. The number of carbonyl (C=O) groups is 1. The van der Waals surface area contributed by atoms with Crippen LogP contribution in [0, 0.1) is 0 Å². The van der Waals surface area contributed by atoms with Crippen molar-refractivity contribution in [3.8, 4) is 0 Å². The number of benzene rings is 1. The SMILES string of the molecule is CC(=O)N(NCCc1cccs1)c1ccccc1Cl. The quantitative estimate of drug-likeness (QED) is 0.856. The summed E-state index contributed by atoms with van der Waals surface area (Å²) in [5.41, 5.74) is 3.80. The predicted molar refractivity (Wildman–Crippen MR) is 80.6 cm³/mol. The van der Waals surface area contributed by atoms with Gasteiger partial charge in [0, 0.05) is 18.3 Å². The number of hydrazine groups is 1. The van der Waals surface area contributed by atoms with Crippen LogP contribution in [0.2, 0.25) is 5.02 Å². The summed E-state index contributed by atoms with van der Waals surface area (Å²) in [6, 6.07) is 11.4. The number of nitrogens with one attached hydrogen (secondary N) is 1. The Hall–Kier alpha value is -1.36. The van der Waals surface area contributed by atoms with Crippen LogP contribution in [0.25, 0.3) is 0 Å². The van der Waals surface area contributed by atoms with Crippen LogP contribution in [0.5, 0.6) is 0 Å². The lowest BCUT2D eigenvalue weighted by Gasteiger charge is -2.22. The van der Waals surface area contributed by atoms with Crippen LogP contribution < -0.4 is 10.4 Å². The molecule has 0 fully saturated rings. The molecule has 0 aliphatic heterocycles. The van der Waals surface area contributed by atoms with Gasteiger partial charge >= 0.3 is 0 Å². The zero-order valence-electron chi connectivity index (χ0n) is 10.6.